The van der Waals surface area contributed by atoms with Crippen LogP contribution in [0.25, 0.3) is 6.08 Å². The van der Waals surface area contributed by atoms with Crippen molar-refractivity contribution in [2.75, 3.05) is 0 Å². The van der Waals surface area contributed by atoms with Gasteiger partial charge in [-0.05, 0) is 23.8 Å². The van der Waals surface area contributed by atoms with Crippen molar-refractivity contribution >= 4 is 22.3 Å². The molecule has 2 nitrogen and oxygen atoms in total. The lowest BCUT2D eigenvalue weighted by molar-refractivity contribution is -0.131. The Labute approximate surface area is 93.1 Å². The van der Waals surface area contributed by atoms with Gasteiger partial charge < -0.3 is 5.11 Å². The van der Waals surface area contributed by atoms with E-state index in [1.54, 1.807) is 0 Å². The summed E-state index contributed by atoms with van der Waals surface area (Å²) in [5, 5.41) is 8.26. The van der Waals surface area contributed by atoms with Crippen molar-refractivity contribution in [1.82, 2.24) is 0 Å². The molecule has 0 aliphatic heterocycles. The van der Waals surface area contributed by atoms with Crippen LogP contribution in [-0.4, -0.2) is 11.1 Å². The fourth-order valence-electron chi connectivity index (χ4n) is 1.00. The summed E-state index contributed by atoms with van der Waals surface area (Å²) in [7, 11) is -9.64. The van der Waals surface area contributed by atoms with Crippen LogP contribution in [0, 0.1) is 0 Å². The highest BCUT2D eigenvalue weighted by atomic mass is 32.5. The topological polar surface area (TPSA) is 37.3 Å². The van der Waals surface area contributed by atoms with Crippen LogP contribution in [0.5, 0.6) is 0 Å². The van der Waals surface area contributed by atoms with Crippen LogP contribution in [0.1, 0.15) is 5.56 Å². The Bertz CT molecular complexity index is 474. The molecule has 0 aliphatic carbocycles. The summed E-state index contributed by atoms with van der Waals surface area (Å²) in [4.78, 5) is 8.12. The number of aliphatic carboxylic acids is 1. The summed E-state index contributed by atoms with van der Waals surface area (Å²) < 4.78 is 61.4. The second kappa shape index (κ2) is 3.22. The van der Waals surface area contributed by atoms with E-state index < -0.39 is 21.1 Å². The fourth-order valence-corrected chi connectivity index (χ4v) is 1.65. The highest BCUT2D eigenvalue weighted by Gasteiger charge is 2.65. The third-order valence-electron chi connectivity index (χ3n) is 1.74. The van der Waals surface area contributed by atoms with Gasteiger partial charge in [-0.2, -0.15) is 0 Å². The lowest BCUT2D eigenvalue weighted by atomic mass is 10.2. The number of benzene rings is 1. The van der Waals surface area contributed by atoms with Gasteiger partial charge in [0.05, 0.1) is 0 Å². The van der Waals surface area contributed by atoms with Gasteiger partial charge in [-0.15, -0.1) is 0 Å². The van der Waals surface area contributed by atoms with E-state index in [-0.39, 0.29) is 17.7 Å². The van der Waals surface area contributed by atoms with E-state index in [4.69, 9.17) is 5.11 Å². The van der Waals surface area contributed by atoms with E-state index in [1.165, 1.54) is 0 Å². The van der Waals surface area contributed by atoms with Gasteiger partial charge in [0, 0.05) is 6.08 Å². The van der Waals surface area contributed by atoms with Crippen LogP contribution < -0.4 is 0 Å². The van der Waals surface area contributed by atoms with Gasteiger partial charge in [0.15, 0.2) is 0 Å². The molecule has 8 heteroatoms. The molecular weight excluding hydrogens is 267 g/mol. The van der Waals surface area contributed by atoms with Crippen molar-refractivity contribution < 1.29 is 29.3 Å². The third kappa shape index (κ3) is 4.06. The third-order valence-corrected chi connectivity index (χ3v) is 2.91. The zero-order valence-electron chi connectivity index (χ0n) is 8.12. The van der Waals surface area contributed by atoms with Gasteiger partial charge in [-0.1, -0.05) is 31.6 Å². The second-order valence-corrected chi connectivity index (χ2v) is 5.62. The number of rotatable bonds is 3. The standard InChI is InChI=1S/C9H7F5O2S/c10-17(11,12,13,14)8-4-1-7(2-5-8)3-6-9(15)16/h1-6H,(H,15,16)/b6-3+. The molecule has 1 N–H and O–H groups in total. The first-order valence-electron chi connectivity index (χ1n) is 4.14. The van der Waals surface area contributed by atoms with Gasteiger partial charge in [0.1, 0.15) is 4.90 Å². The van der Waals surface area contributed by atoms with Crippen molar-refractivity contribution in [3.8, 4) is 0 Å². The van der Waals surface area contributed by atoms with Crippen LogP contribution in [0.2, 0.25) is 0 Å². The molecule has 0 aromatic heterocycles. The Morgan fingerprint density at radius 3 is 1.88 bits per heavy atom. The average molecular weight is 274 g/mol. The van der Waals surface area contributed by atoms with Crippen molar-refractivity contribution in [2.45, 2.75) is 4.90 Å². The van der Waals surface area contributed by atoms with E-state index in [0.717, 1.165) is 18.2 Å². The maximum absolute atomic E-state index is 12.3. The monoisotopic (exact) mass is 274 g/mol. The highest BCUT2D eigenvalue weighted by molar-refractivity contribution is 8.45. The first-order valence-corrected chi connectivity index (χ1v) is 6.09. The summed E-state index contributed by atoms with van der Waals surface area (Å²) >= 11 is 0. The Morgan fingerprint density at radius 2 is 1.53 bits per heavy atom. The van der Waals surface area contributed by atoms with Crippen molar-refractivity contribution in [2.24, 2.45) is 0 Å². The molecule has 0 fully saturated rings. The molecule has 0 aliphatic rings. The molecule has 17 heavy (non-hydrogen) atoms. The normalized spacial score (nSPS) is 16.5. The Hall–Kier alpha value is -1.57. The summed E-state index contributed by atoms with van der Waals surface area (Å²) in [6, 6.07) is 1.99. The molecule has 0 amide bonds. The number of carboxylic acid groups (broad SMARTS) is 1. The van der Waals surface area contributed by atoms with Crippen LogP contribution >= 0.6 is 10.2 Å². The van der Waals surface area contributed by atoms with Crippen molar-refractivity contribution in [1.29, 1.82) is 0 Å². The van der Waals surface area contributed by atoms with E-state index in [9.17, 15) is 24.2 Å². The molecule has 96 valence electrons. The minimum absolute atomic E-state index is 0.0815. The molecule has 0 bridgehead atoms. The Morgan fingerprint density at radius 1 is 1.06 bits per heavy atom. The molecule has 1 aromatic rings. The number of hydrogen-bond donors (Lipinski definition) is 1. The maximum atomic E-state index is 12.3. The van der Waals surface area contributed by atoms with Crippen LogP contribution in [0.15, 0.2) is 35.2 Å². The van der Waals surface area contributed by atoms with Gasteiger partial charge in [-0.3, -0.25) is 0 Å². The number of hydrogen-bond acceptors (Lipinski definition) is 1. The number of carbonyl (C=O) groups is 1. The summed E-state index contributed by atoms with van der Waals surface area (Å²) in [5.74, 6) is -1.29. The van der Waals surface area contributed by atoms with Crippen molar-refractivity contribution in [3.05, 3.63) is 35.9 Å². The van der Waals surface area contributed by atoms with Crippen LogP contribution in [0.4, 0.5) is 19.4 Å². The molecule has 0 saturated heterocycles. The molecule has 0 saturated carbocycles. The quantitative estimate of drug-likeness (QED) is 0.653. The second-order valence-electron chi connectivity index (χ2n) is 3.21. The van der Waals surface area contributed by atoms with Crippen LogP contribution in [-0.2, 0) is 4.79 Å². The minimum Gasteiger partial charge on any atom is -0.478 e. The molecular formula is C9H7F5O2S. The highest BCUT2D eigenvalue weighted by Crippen LogP contribution is 3.02. The van der Waals surface area contributed by atoms with Gasteiger partial charge in [0.25, 0.3) is 0 Å². The van der Waals surface area contributed by atoms with E-state index >= 15 is 0 Å². The fraction of sp³-hybridized carbons (Fsp3) is 0. The molecule has 0 radical (unpaired) electrons. The van der Waals surface area contributed by atoms with Crippen LogP contribution in [0.3, 0.4) is 0 Å². The smallest absolute Gasteiger partial charge is 0.328 e. The summed E-state index contributed by atoms with van der Waals surface area (Å²) in [6.07, 6.45) is 1.69. The summed E-state index contributed by atoms with van der Waals surface area (Å²) in [6.45, 7) is 0. The van der Waals surface area contributed by atoms with Gasteiger partial charge in [-0.25, -0.2) is 4.79 Å². The maximum Gasteiger partial charge on any atom is 0.328 e. The Kier molecular flexibility index (Phi) is 2.56. The first kappa shape index (κ1) is 13.5. The summed E-state index contributed by atoms with van der Waals surface area (Å²) in [5.41, 5.74) is 0.0815. The number of carboxylic acids is 1. The number of halogens is 5. The molecule has 0 heterocycles. The predicted octanol–water partition coefficient (Wildman–Crippen LogP) is 4.44. The largest absolute Gasteiger partial charge is 0.478 e. The first-order chi connectivity index (χ1) is 7.38. The SMILES string of the molecule is O=C(O)/C=C/c1ccc(S(F)(F)(F)(F)F)cc1. The average Bonchev–Trinajstić information content (AvgIpc) is 2.12. The molecule has 0 spiro atoms. The lowest BCUT2D eigenvalue weighted by Crippen LogP contribution is -2.05. The van der Waals surface area contributed by atoms with E-state index in [0.29, 0.717) is 6.08 Å². The van der Waals surface area contributed by atoms with Gasteiger partial charge in [0.2, 0.25) is 0 Å². The molecule has 1 aromatic carbocycles. The van der Waals surface area contributed by atoms with E-state index in [1.807, 2.05) is 0 Å². The molecule has 0 unspecified atom stereocenters. The zero-order valence-corrected chi connectivity index (χ0v) is 8.93. The molecule has 1 rings (SSSR count). The van der Waals surface area contributed by atoms with Gasteiger partial charge >= 0.3 is 16.2 Å². The molecule has 0 atom stereocenters. The van der Waals surface area contributed by atoms with Crippen molar-refractivity contribution in [3.63, 3.8) is 0 Å². The Balaban J connectivity index is 3.10. The predicted molar refractivity (Wildman–Crippen MR) is 54.5 cm³/mol. The van der Waals surface area contributed by atoms with E-state index in [2.05, 4.69) is 0 Å². The zero-order chi connectivity index (χ0) is 13.4. The minimum atomic E-state index is -9.64. The lowest BCUT2D eigenvalue weighted by Gasteiger charge is -2.40.